The smallest absolute Gasteiger partial charge is 0.0671 e. The van der Waals surface area contributed by atoms with E-state index >= 15 is 0 Å². The van der Waals surface area contributed by atoms with Gasteiger partial charge in [0.2, 0.25) is 0 Å². The average molecular weight is 237 g/mol. The van der Waals surface area contributed by atoms with Crippen LogP contribution in [-0.2, 0) is 5.88 Å². The van der Waals surface area contributed by atoms with E-state index in [2.05, 4.69) is 30.0 Å². The summed E-state index contributed by atoms with van der Waals surface area (Å²) < 4.78 is 0. The van der Waals surface area contributed by atoms with Crippen molar-refractivity contribution in [1.29, 1.82) is 5.26 Å². The molecule has 16 heavy (non-hydrogen) atoms. The number of hydrogen-bond acceptors (Lipinski definition) is 2. The third-order valence-electron chi connectivity index (χ3n) is 2.55. The Kier molecular flexibility index (Phi) is 5.14. The number of alkyl halides is 1. The van der Waals surface area contributed by atoms with E-state index in [-0.39, 0.29) is 5.92 Å². The molecule has 0 spiro atoms. The minimum atomic E-state index is 0.0488. The second-order valence-corrected chi connectivity index (χ2v) is 4.14. The van der Waals surface area contributed by atoms with E-state index in [9.17, 15) is 0 Å². The molecular formula is C13H17ClN2. The highest BCUT2D eigenvalue weighted by atomic mass is 35.5. The second-order valence-electron chi connectivity index (χ2n) is 3.87. The lowest BCUT2D eigenvalue weighted by atomic mass is 10.1. The minimum Gasteiger partial charge on any atom is -0.371 e. The van der Waals surface area contributed by atoms with Gasteiger partial charge in [-0.3, -0.25) is 0 Å². The molecule has 1 unspecified atom stereocenters. The van der Waals surface area contributed by atoms with Crippen LogP contribution in [-0.4, -0.2) is 13.1 Å². The molecule has 0 amide bonds. The number of hydrogen-bond donors (Lipinski definition) is 0. The van der Waals surface area contributed by atoms with Gasteiger partial charge in [-0.2, -0.15) is 5.26 Å². The summed E-state index contributed by atoms with van der Waals surface area (Å²) in [5.74, 6) is 0.591. The van der Waals surface area contributed by atoms with E-state index in [1.165, 1.54) is 0 Å². The van der Waals surface area contributed by atoms with Gasteiger partial charge in [0.25, 0.3) is 0 Å². The summed E-state index contributed by atoms with van der Waals surface area (Å²) in [5.41, 5.74) is 2.27. The molecule has 0 N–H and O–H groups in total. The maximum absolute atomic E-state index is 8.81. The average Bonchev–Trinajstić information content (AvgIpc) is 2.35. The lowest BCUT2D eigenvalue weighted by molar-refractivity contribution is 0.686. The van der Waals surface area contributed by atoms with Gasteiger partial charge in [-0.25, -0.2) is 0 Å². The molecule has 0 bridgehead atoms. The summed E-state index contributed by atoms with van der Waals surface area (Å²) in [6.45, 7) is 5.72. The Morgan fingerprint density at radius 2 is 2.00 bits per heavy atom. The van der Waals surface area contributed by atoms with Crippen LogP contribution in [0.3, 0.4) is 0 Å². The van der Waals surface area contributed by atoms with Crippen LogP contribution >= 0.6 is 11.6 Å². The van der Waals surface area contributed by atoms with Gasteiger partial charge >= 0.3 is 0 Å². The van der Waals surface area contributed by atoms with Gasteiger partial charge in [-0.1, -0.05) is 12.1 Å². The van der Waals surface area contributed by atoms with Crippen LogP contribution in [0.15, 0.2) is 24.3 Å². The van der Waals surface area contributed by atoms with Crippen LogP contribution in [0.1, 0.15) is 19.4 Å². The van der Waals surface area contributed by atoms with Crippen LogP contribution in [0, 0.1) is 17.2 Å². The molecule has 1 aromatic carbocycles. The molecule has 0 saturated heterocycles. The summed E-state index contributed by atoms with van der Waals surface area (Å²) in [4.78, 5) is 2.20. The van der Waals surface area contributed by atoms with Crippen LogP contribution in [0.5, 0.6) is 0 Å². The molecule has 0 heterocycles. The zero-order chi connectivity index (χ0) is 12.0. The molecular weight excluding hydrogens is 220 g/mol. The highest BCUT2D eigenvalue weighted by Gasteiger charge is 2.08. The summed E-state index contributed by atoms with van der Waals surface area (Å²) in [6.07, 6.45) is 0. The van der Waals surface area contributed by atoms with Crippen molar-refractivity contribution in [3.8, 4) is 6.07 Å². The van der Waals surface area contributed by atoms with Crippen molar-refractivity contribution in [3.05, 3.63) is 29.8 Å². The molecule has 0 aliphatic heterocycles. The first-order valence-electron chi connectivity index (χ1n) is 5.50. The quantitative estimate of drug-likeness (QED) is 0.733. The van der Waals surface area contributed by atoms with Crippen LogP contribution in [0.2, 0.25) is 0 Å². The number of benzene rings is 1. The number of nitrogens with zero attached hydrogens (tertiary/aromatic N) is 2. The predicted molar refractivity (Wildman–Crippen MR) is 68.7 cm³/mol. The van der Waals surface area contributed by atoms with Crippen molar-refractivity contribution >= 4 is 17.3 Å². The maximum Gasteiger partial charge on any atom is 0.0671 e. The van der Waals surface area contributed by atoms with Gasteiger partial charge in [-0.15, -0.1) is 11.6 Å². The van der Waals surface area contributed by atoms with Crippen molar-refractivity contribution in [2.75, 3.05) is 18.0 Å². The van der Waals surface area contributed by atoms with Crippen molar-refractivity contribution in [2.45, 2.75) is 19.7 Å². The largest absolute Gasteiger partial charge is 0.371 e. The third-order valence-corrected chi connectivity index (χ3v) is 2.86. The van der Waals surface area contributed by atoms with Gasteiger partial charge in [0, 0.05) is 24.7 Å². The first-order valence-corrected chi connectivity index (χ1v) is 6.04. The van der Waals surface area contributed by atoms with Crippen molar-refractivity contribution in [1.82, 2.24) is 0 Å². The van der Waals surface area contributed by atoms with E-state index in [4.69, 9.17) is 16.9 Å². The Hall–Kier alpha value is -1.20. The monoisotopic (exact) mass is 236 g/mol. The van der Waals surface area contributed by atoms with E-state index in [0.29, 0.717) is 5.88 Å². The van der Waals surface area contributed by atoms with E-state index in [1.807, 2.05) is 19.1 Å². The molecule has 3 heteroatoms. The zero-order valence-corrected chi connectivity index (χ0v) is 10.5. The lowest BCUT2D eigenvalue weighted by Crippen LogP contribution is -2.27. The lowest BCUT2D eigenvalue weighted by Gasteiger charge is -2.24. The van der Waals surface area contributed by atoms with Gasteiger partial charge in [0.05, 0.1) is 12.0 Å². The molecule has 1 rings (SSSR count). The molecule has 0 aliphatic rings. The molecule has 0 saturated carbocycles. The Morgan fingerprint density at radius 3 is 2.44 bits per heavy atom. The Balaban J connectivity index is 2.75. The molecule has 86 valence electrons. The molecule has 0 aliphatic carbocycles. The third kappa shape index (κ3) is 3.43. The number of halogens is 1. The summed E-state index contributed by atoms with van der Waals surface area (Å²) >= 11 is 5.74. The zero-order valence-electron chi connectivity index (χ0n) is 9.78. The predicted octanol–water partition coefficient (Wildman–Crippen LogP) is 3.41. The van der Waals surface area contributed by atoms with Crippen molar-refractivity contribution < 1.29 is 0 Å². The van der Waals surface area contributed by atoms with Gasteiger partial charge in [0.1, 0.15) is 0 Å². The van der Waals surface area contributed by atoms with E-state index in [1.54, 1.807) is 0 Å². The van der Waals surface area contributed by atoms with Crippen molar-refractivity contribution in [2.24, 2.45) is 5.92 Å². The molecule has 1 atom stereocenters. The Bertz CT molecular complexity index is 353. The summed E-state index contributed by atoms with van der Waals surface area (Å²) in [6, 6.07) is 10.4. The maximum atomic E-state index is 8.81. The van der Waals surface area contributed by atoms with Gasteiger partial charge in [0.15, 0.2) is 0 Å². The number of nitriles is 1. The standard InChI is InChI=1S/C13H17ClN2/c1-3-16(10-11(2)9-15)13-6-4-12(8-14)5-7-13/h4-7,11H,3,8,10H2,1-2H3. The molecule has 0 fully saturated rings. The minimum absolute atomic E-state index is 0.0488. The molecule has 2 nitrogen and oxygen atoms in total. The summed E-state index contributed by atoms with van der Waals surface area (Å²) in [5, 5.41) is 8.81. The highest BCUT2D eigenvalue weighted by molar-refractivity contribution is 6.17. The van der Waals surface area contributed by atoms with Crippen LogP contribution in [0.4, 0.5) is 5.69 Å². The molecule has 0 aromatic heterocycles. The summed E-state index contributed by atoms with van der Waals surface area (Å²) in [7, 11) is 0. The number of anilines is 1. The fourth-order valence-electron chi connectivity index (χ4n) is 1.58. The second kappa shape index (κ2) is 6.40. The topological polar surface area (TPSA) is 27.0 Å². The SMILES string of the molecule is CCN(CC(C)C#N)c1ccc(CCl)cc1. The van der Waals surface area contributed by atoms with E-state index in [0.717, 1.165) is 24.3 Å². The van der Waals surface area contributed by atoms with E-state index < -0.39 is 0 Å². The first-order chi connectivity index (χ1) is 7.71. The van der Waals surface area contributed by atoms with Gasteiger partial charge in [-0.05, 0) is 31.5 Å². The highest BCUT2D eigenvalue weighted by Crippen LogP contribution is 2.17. The Labute approximate surface area is 102 Å². The number of rotatable bonds is 5. The first kappa shape index (κ1) is 12.9. The van der Waals surface area contributed by atoms with Crippen LogP contribution < -0.4 is 4.90 Å². The normalized spacial score (nSPS) is 11.9. The fourth-order valence-corrected chi connectivity index (χ4v) is 1.76. The Morgan fingerprint density at radius 1 is 1.38 bits per heavy atom. The fraction of sp³-hybridized carbons (Fsp3) is 0.462. The van der Waals surface area contributed by atoms with Crippen molar-refractivity contribution in [3.63, 3.8) is 0 Å². The van der Waals surface area contributed by atoms with Gasteiger partial charge < -0.3 is 4.90 Å². The molecule has 1 aromatic rings. The van der Waals surface area contributed by atoms with Crippen LogP contribution in [0.25, 0.3) is 0 Å². The molecule has 0 radical (unpaired) electrons.